The minimum absolute atomic E-state index is 0.262. The van der Waals surface area contributed by atoms with Gasteiger partial charge >= 0.3 is 0 Å². The van der Waals surface area contributed by atoms with Crippen LogP contribution < -0.4 is 5.32 Å². The number of nitrogens with one attached hydrogen (secondary N) is 1. The second-order valence-corrected chi connectivity index (χ2v) is 5.49. The summed E-state index contributed by atoms with van der Waals surface area (Å²) in [6.45, 7) is 4.07. The van der Waals surface area contributed by atoms with Crippen molar-refractivity contribution in [3.8, 4) is 0 Å². The molecular weight excluding hydrogens is 308 g/mol. The van der Waals surface area contributed by atoms with Gasteiger partial charge in [0.05, 0.1) is 0 Å². The summed E-state index contributed by atoms with van der Waals surface area (Å²) in [4.78, 5) is 16.5. The zero-order chi connectivity index (χ0) is 14.0. The van der Waals surface area contributed by atoms with E-state index in [2.05, 4.69) is 31.3 Å². The normalized spacial score (nSPS) is 10.8. The van der Waals surface area contributed by atoms with Crippen molar-refractivity contribution in [3.63, 3.8) is 0 Å². The molecule has 0 aliphatic heterocycles. The zero-order valence-corrected chi connectivity index (χ0v) is 12.6. The van der Waals surface area contributed by atoms with Crippen molar-refractivity contribution in [1.29, 1.82) is 0 Å². The van der Waals surface area contributed by atoms with Gasteiger partial charge in [-0.05, 0) is 18.1 Å². The summed E-state index contributed by atoms with van der Waals surface area (Å²) in [5.41, 5.74) is 1.25. The van der Waals surface area contributed by atoms with E-state index in [9.17, 15) is 4.79 Å². The average molecular weight is 323 g/mol. The Morgan fingerprint density at radius 2 is 2.16 bits per heavy atom. The van der Waals surface area contributed by atoms with Crippen molar-refractivity contribution < 1.29 is 4.79 Å². The van der Waals surface area contributed by atoms with Crippen LogP contribution >= 0.6 is 15.9 Å². The van der Waals surface area contributed by atoms with Crippen LogP contribution in [-0.4, -0.2) is 20.7 Å². The number of aromatic nitrogens is 3. The highest BCUT2D eigenvalue weighted by molar-refractivity contribution is 9.10. The molecule has 0 aliphatic carbocycles. The summed E-state index contributed by atoms with van der Waals surface area (Å²) in [7, 11) is 1.80. The van der Waals surface area contributed by atoms with Crippen LogP contribution in [-0.2, 0) is 7.05 Å². The molecule has 2 rings (SSSR count). The van der Waals surface area contributed by atoms with Crippen molar-refractivity contribution in [1.82, 2.24) is 14.8 Å². The van der Waals surface area contributed by atoms with Gasteiger partial charge in [-0.3, -0.25) is 9.48 Å². The molecule has 0 aromatic carbocycles. The van der Waals surface area contributed by atoms with Gasteiger partial charge in [-0.1, -0.05) is 29.8 Å². The van der Waals surface area contributed by atoms with Crippen molar-refractivity contribution >= 4 is 27.7 Å². The minimum atomic E-state index is -0.262. The predicted octanol–water partition coefficient (Wildman–Crippen LogP) is 2.95. The fourth-order valence-corrected chi connectivity index (χ4v) is 2.04. The molecule has 1 amide bonds. The van der Waals surface area contributed by atoms with Gasteiger partial charge in [-0.25, -0.2) is 4.98 Å². The van der Waals surface area contributed by atoms with E-state index in [4.69, 9.17) is 0 Å². The van der Waals surface area contributed by atoms with E-state index in [1.807, 2.05) is 19.9 Å². The van der Waals surface area contributed by atoms with Crippen molar-refractivity contribution in [2.24, 2.45) is 7.05 Å². The van der Waals surface area contributed by atoms with E-state index >= 15 is 0 Å². The fourth-order valence-electron chi connectivity index (χ4n) is 1.59. The van der Waals surface area contributed by atoms with Crippen LogP contribution in [0, 0.1) is 0 Å². The number of carbonyl (C=O) groups is 1. The third-order valence-corrected chi connectivity index (χ3v) is 3.05. The Kier molecular flexibility index (Phi) is 3.99. The average Bonchev–Trinajstić information content (AvgIpc) is 2.73. The van der Waals surface area contributed by atoms with Gasteiger partial charge < -0.3 is 5.32 Å². The Bertz CT molecular complexity index is 606. The number of carbonyl (C=O) groups excluding carboxylic acids is 1. The smallest absolute Gasteiger partial charge is 0.275 e. The summed E-state index contributed by atoms with van der Waals surface area (Å²) in [6, 6.07) is 5.35. The van der Waals surface area contributed by atoms with E-state index in [0.29, 0.717) is 11.5 Å². The van der Waals surface area contributed by atoms with E-state index < -0.39 is 0 Å². The predicted molar refractivity (Wildman–Crippen MR) is 77.2 cm³/mol. The molecule has 19 heavy (non-hydrogen) atoms. The highest BCUT2D eigenvalue weighted by Gasteiger charge is 2.12. The van der Waals surface area contributed by atoms with Crippen LogP contribution in [0.1, 0.15) is 35.9 Å². The molecule has 0 aliphatic rings. The van der Waals surface area contributed by atoms with Crippen LogP contribution in [0.4, 0.5) is 5.82 Å². The molecule has 0 spiro atoms. The molecule has 5 nitrogen and oxygen atoms in total. The molecule has 2 heterocycles. The van der Waals surface area contributed by atoms with Crippen LogP contribution in [0.15, 0.2) is 28.9 Å². The maximum atomic E-state index is 12.1. The SMILES string of the molecule is CC(C)c1cc(Br)cc(C(=O)Nc2ccn(C)n2)n1. The van der Waals surface area contributed by atoms with Crippen LogP contribution in [0.25, 0.3) is 0 Å². The minimum Gasteiger partial charge on any atom is -0.304 e. The van der Waals surface area contributed by atoms with Crippen molar-refractivity contribution in [2.45, 2.75) is 19.8 Å². The number of rotatable bonds is 3. The number of anilines is 1. The Morgan fingerprint density at radius 3 is 2.74 bits per heavy atom. The van der Waals surface area contributed by atoms with Crippen LogP contribution in [0.5, 0.6) is 0 Å². The lowest BCUT2D eigenvalue weighted by atomic mass is 10.1. The first-order valence-electron chi connectivity index (χ1n) is 5.94. The van der Waals surface area contributed by atoms with Gasteiger partial charge in [0.25, 0.3) is 5.91 Å². The molecule has 0 radical (unpaired) electrons. The second kappa shape index (κ2) is 5.52. The summed E-state index contributed by atoms with van der Waals surface area (Å²) >= 11 is 3.40. The molecule has 0 unspecified atom stereocenters. The van der Waals surface area contributed by atoms with E-state index in [1.54, 1.807) is 30.1 Å². The maximum absolute atomic E-state index is 12.1. The quantitative estimate of drug-likeness (QED) is 0.945. The third kappa shape index (κ3) is 3.41. The summed E-state index contributed by atoms with van der Waals surface area (Å²) in [5.74, 6) is 0.515. The maximum Gasteiger partial charge on any atom is 0.275 e. The zero-order valence-electron chi connectivity index (χ0n) is 11.0. The molecule has 0 saturated carbocycles. The first-order valence-corrected chi connectivity index (χ1v) is 6.73. The molecular formula is C13H15BrN4O. The lowest BCUT2D eigenvalue weighted by molar-refractivity contribution is 0.102. The molecule has 2 aromatic rings. The monoisotopic (exact) mass is 322 g/mol. The van der Waals surface area contributed by atoms with Gasteiger partial charge in [0, 0.05) is 29.5 Å². The van der Waals surface area contributed by atoms with E-state index in [1.165, 1.54) is 0 Å². The summed E-state index contributed by atoms with van der Waals surface area (Å²) in [6.07, 6.45) is 1.77. The van der Waals surface area contributed by atoms with Crippen molar-refractivity contribution in [2.75, 3.05) is 5.32 Å². The number of aryl methyl sites for hydroxylation is 1. The number of pyridine rings is 1. The third-order valence-electron chi connectivity index (χ3n) is 2.59. The largest absolute Gasteiger partial charge is 0.304 e. The van der Waals surface area contributed by atoms with Crippen LogP contribution in [0.2, 0.25) is 0 Å². The first kappa shape index (κ1) is 13.7. The number of amides is 1. The van der Waals surface area contributed by atoms with E-state index in [-0.39, 0.29) is 11.8 Å². The fraction of sp³-hybridized carbons (Fsp3) is 0.308. The lowest BCUT2D eigenvalue weighted by Gasteiger charge is -2.08. The molecule has 0 bridgehead atoms. The number of nitrogens with zero attached hydrogens (tertiary/aromatic N) is 3. The Morgan fingerprint density at radius 1 is 1.42 bits per heavy atom. The highest BCUT2D eigenvalue weighted by atomic mass is 79.9. The Labute approximate surface area is 120 Å². The van der Waals surface area contributed by atoms with Gasteiger partial charge in [0.2, 0.25) is 0 Å². The standard InChI is InChI=1S/C13H15BrN4O/c1-8(2)10-6-9(14)7-11(15-10)13(19)16-12-4-5-18(3)17-12/h4-8H,1-3H3,(H,16,17,19). The first-order chi connectivity index (χ1) is 8.95. The highest BCUT2D eigenvalue weighted by Crippen LogP contribution is 2.19. The summed E-state index contributed by atoms with van der Waals surface area (Å²) in [5, 5.41) is 6.82. The second-order valence-electron chi connectivity index (χ2n) is 4.58. The van der Waals surface area contributed by atoms with Gasteiger partial charge in [-0.2, -0.15) is 5.10 Å². The lowest BCUT2D eigenvalue weighted by Crippen LogP contribution is -2.15. The van der Waals surface area contributed by atoms with Gasteiger partial charge in [0.15, 0.2) is 5.82 Å². The number of halogens is 1. The Balaban J connectivity index is 2.23. The van der Waals surface area contributed by atoms with Gasteiger partial charge in [-0.15, -0.1) is 0 Å². The molecule has 1 N–H and O–H groups in total. The molecule has 0 atom stereocenters. The molecule has 2 aromatic heterocycles. The molecule has 0 fully saturated rings. The number of hydrogen-bond acceptors (Lipinski definition) is 3. The van der Waals surface area contributed by atoms with E-state index in [0.717, 1.165) is 10.2 Å². The topological polar surface area (TPSA) is 59.8 Å². The Hall–Kier alpha value is -1.69. The van der Waals surface area contributed by atoms with Gasteiger partial charge in [0.1, 0.15) is 5.69 Å². The van der Waals surface area contributed by atoms with Crippen molar-refractivity contribution in [3.05, 3.63) is 40.3 Å². The summed E-state index contributed by atoms with van der Waals surface area (Å²) < 4.78 is 2.47. The molecule has 6 heteroatoms. The number of hydrogen-bond donors (Lipinski definition) is 1. The van der Waals surface area contributed by atoms with Crippen LogP contribution in [0.3, 0.4) is 0 Å². The molecule has 100 valence electrons. The molecule has 0 saturated heterocycles.